The highest BCUT2D eigenvalue weighted by atomic mass is 19.1. The smallest absolute Gasteiger partial charge is 0.130 e. The van der Waals surface area contributed by atoms with Crippen molar-refractivity contribution in [3.8, 4) is 5.75 Å². The Bertz CT molecular complexity index is 427. The zero-order valence-corrected chi connectivity index (χ0v) is 13.8. The molecule has 21 heavy (non-hydrogen) atoms. The zero-order chi connectivity index (χ0) is 16.3. The van der Waals surface area contributed by atoms with Gasteiger partial charge in [0.2, 0.25) is 0 Å². The Morgan fingerprint density at radius 1 is 1.38 bits per heavy atom. The van der Waals surface area contributed by atoms with Crippen molar-refractivity contribution in [3.05, 3.63) is 29.6 Å². The Balaban J connectivity index is 0. The van der Waals surface area contributed by atoms with Crippen LogP contribution in [0, 0.1) is 5.82 Å². The van der Waals surface area contributed by atoms with E-state index >= 15 is 0 Å². The summed E-state index contributed by atoms with van der Waals surface area (Å²) in [5.74, 6) is 0.294. The van der Waals surface area contributed by atoms with Gasteiger partial charge in [-0.2, -0.15) is 0 Å². The second-order valence-corrected chi connectivity index (χ2v) is 4.73. The highest BCUT2D eigenvalue weighted by Crippen LogP contribution is 2.19. The van der Waals surface area contributed by atoms with Gasteiger partial charge in [-0.25, -0.2) is 4.39 Å². The minimum Gasteiger partial charge on any atom is -0.489 e. The number of aryl methyl sites for hydroxylation is 1. The second kappa shape index (κ2) is 11.3. The minimum atomic E-state index is -0.327. The van der Waals surface area contributed by atoms with Crippen molar-refractivity contribution >= 4 is 5.78 Å². The molecule has 0 aliphatic heterocycles. The molecule has 0 radical (unpaired) electrons. The van der Waals surface area contributed by atoms with Crippen molar-refractivity contribution in [1.29, 1.82) is 0 Å². The van der Waals surface area contributed by atoms with Crippen LogP contribution in [-0.2, 0) is 11.2 Å². The number of hydrogen-bond acceptors (Lipinski definition) is 3. The van der Waals surface area contributed by atoms with Crippen molar-refractivity contribution in [2.24, 2.45) is 0 Å². The summed E-state index contributed by atoms with van der Waals surface area (Å²) in [6.07, 6.45) is 0.948. The van der Waals surface area contributed by atoms with E-state index in [4.69, 9.17) is 4.74 Å². The monoisotopic (exact) mass is 299 g/mol. The number of ketones is 1. The molecule has 1 aromatic rings. The average molecular weight is 299 g/mol. The summed E-state index contributed by atoms with van der Waals surface area (Å²) in [6.45, 7) is 11.1. The number of nitrogens with one attached hydrogen (secondary N) is 1. The minimum absolute atomic E-state index is 0. The van der Waals surface area contributed by atoms with Crippen LogP contribution >= 0.6 is 0 Å². The van der Waals surface area contributed by atoms with Crippen molar-refractivity contribution in [2.45, 2.75) is 53.6 Å². The number of ether oxygens (including phenoxy) is 1. The summed E-state index contributed by atoms with van der Waals surface area (Å²) in [7, 11) is 0. The van der Waals surface area contributed by atoms with Gasteiger partial charge in [-0.3, -0.25) is 0 Å². The Labute approximate surface area is 129 Å². The van der Waals surface area contributed by atoms with E-state index < -0.39 is 0 Å². The third kappa shape index (κ3) is 9.19. The fourth-order valence-corrected chi connectivity index (χ4v) is 1.78. The molecule has 1 rings (SSSR count). The summed E-state index contributed by atoms with van der Waals surface area (Å²) >= 11 is 0. The zero-order valence-electron chi connectivity index (χ0n) is 13.8. The number of Topliss-reactive ketones (excluding diaryl/α,β-unsaturated/α-hetero) is 1. The molecule has 1 aromatic carbocycles. The first-order valence-electron chi connectivity index (χ1n) is 7.67. The van der Waals surface area contributed by atoms with Crippen LogP contribution in [0.4, 0.5) is 4.39 Å². The van der Waals surface area contributed by atoms with Crippen LogP contribution in [0.2, 0.25) is 0 Å². The van der Waals surface area contributed by atoms with E-state index in [-0.39, 0.29) is 19.1 Å². The number of rotatable bonds is 8. The molecular formula is C17H30FNO2. The van der Waals surface area contributed by atoms with Gasteiger partial charge < -0.3 is 14.8 Å². The summed E-state index contributed by atoms with van der Waals surface area (Å²) in [5.41, 5.74) is 0.792. The third-order valence-corrected chi connectivity index (χ3v) is 2.72. The Kier molecular flexibility index (Phi) is 10.5. The first kappa shape index (κ1) is 19.6. The molecule has 0 amide bonds. The number of likely N-dealkylation sites (N-methyl/N-ethyl adjacent to an activating group) is 1. The average Bonchev–Trinajstić information content (AvgIpc) is 2.44. The lowest BCUT2D eigenvalue weighted by molar-refractivity contribution is -0.116. The molecule has 122 valence electrons. The van der Waals surface area contributed by atoms with E-state index in [0.717, 1.165) is 18.7 Å². The maximum absolute atomic E-state index is 13.5. The van der Waals surface area contributed by atoms with Gasteiger partial charge in [-0.15, -0.1) is 0 Å². The molecule has 0 aliphatic rings. The molecule has 0 unspecified atom stereocenters. The molecule has 4 heteroatoms. The van der Waals surface area contributed by atoms with E-state index in [1.807, 2.05) is 27.7 Å². The standard InChI is InChI=1S/C15H22FNO2.C2H6.H2/c1-4-17-10-12(3)19-15-8-13(6-5-11(2)18)7-14(16)9-15;1-2;/h7-9,12,17H,4-6,10H2,1-3H3;1-2H3;1H/t12-;;/m0../s1. The molecule has 0 aromatic heterocycles. The second-order valence-electron chi connectivity index (χ2n) is 4.73. The molecule has 0 saturated carbocycles. The number of hydrogen-bond donors (Lipinski definition) is 1. The first-order valence-corrected chi connectivity index (χ1v) is 7.67. The Morgan fingerprint density at radius 3 is 2.62 bits per heavy atom. The predicted molar refractivity (Wildman–Crippen MR) is 87.5 cm³/mol. The molecule has 0 saturated heterocycles. The largest absolute Gasteiger partial charge is 0.489 e. The van der Waals surface area contributed by atoms with E-state index in [2.05, 4.69) is 5.32 Å². The highest BCUT2D eigenvalue weighted by molar-refractivity contribution is 5.75. The number of halogens is 1. The van der Waals surface area contributed by atoms with Gasteiger partial charge in [-0.05, 0) is 44.5 Å². The fraction of sp³-hybridized carbons (Fsp3) is 0.588. The van der Waals surface area contributed by atoms with E-state index in [1.165, 1.54) is 19.1 Å². The van der Waals surface area contributed by atoms with Gasteiger partial charge in [0.1, 0.15) is 23.5 Å². The van der Waals surface area contributed by atoms with Crippen molar-refractivity contribution in [3.63, 3.8) is 0 Å². The van der Waals surface area contributed by atoms with Gasteiger partial charge in [0, 0.05) is 20.5 Å². The van der Waals surface area contributed by atoms with E-state index in [9.17, 15) is 9.18 Å². The lowest BCUT2D eigenvalue weighted by atomic mass is 10.1. The van der Waals surface area contributed by atoms with Crippen LogP contribution < -0.4 is 10.1 Å². The maximum atomic E-state index is 13.5. The third-order valence-electron chi connectivity index (χ3n) is 2.72. The molecule has 0 spiro atoms. The lowest BCUT2D eigenvalue weighted by Crippen LogP contribution is -2.28. The lowest BCUT2D eigenvalue weighted by Gasteiger charge is -2.15. The van der Waals surface area contributed by atoms with Crippen LogP contribution in [0.25, 0.3) is 0 Å². The molecule has 0 bridgehead atoms. The summed E-state index contributed by atoms with van der Waals surface area (Å²) in [5, 5.41) is 3.17. The molecule has 3 nitrogen and oxygen atoms in total. The molecule has 1 atom stereocenters. The van der Waals surface area contributed by atoms with Crippen LogP contribution in [-0.4, -0.2) is 25.0 Å². The summed E-state index contributed by atoms with van der Waals surface area (Å²) < 4.78 is 19.1. The number of carbonyl (C=O) groups is 1. The van der Waals surface area contributed by atoms with Crippen LogP contribution in [0.3, 0.4) is 0 Å². The molecular weight excluding hydrogens is 269 g/mol. The molecule has 0 heterocycles. The van der Waals surface area contributed by atoms with Gasteiger partial charge in [0.15, 0.2) is 0 Å². The van der Waals surface area contributed by atoms with Gasteiger partial charge in [-0.1, -0.05) is 20.8 Å². The van der Waals surface area contributed by atoms with Crippen molar-refractivity contribution in [1.82, 2.24) is 5.32 Å². The topological polar surface area (TPSA) is 38.3 Å². The SMILES string of the molecule is CC.CCNC[C@H](C)Oc1cc(F)cc(CCC(C)=O)c1.[HH]. The first-order chi connectivity index (χ1) is 10.0. The Hall–Kier alpha value is -1.42. The number of carbonyl (C=O) groups excluding carboxylic acids is 1. The van der Waals surface area contributed by atoms with Gasteiger partial charge >= 0.3 is 0 Å². The van der Waals surface area contributed by atoms with Gasteiger partial charge in [0.25, 0.3) is 0 Å². The quantitative estimate of drug-likeness (QED) is 0.788. The predicted octanol–water partition coefficient (Wildman–Crippen LogP) is 4.00. The van der Waals surface area contributed by atoms with Crippen LogP contribution in [0.5, 0.6) is 5.75 Å². The maximum Gasteiger partial charge on any atom is 0.130 e. The number of benzene rings is 1. The summed E-state index contributed by atoms with van der Waals surface area (Å²) in [6, 6.07) is 4.62. The highest BCUT2D eigenvalue weighted by Gasteiger charge is 2.07. The Morgan fingerprint density at radius 2 is 2.05 bits per heavy atom. The van der Waals surface area contributed by atoms with E-state index in [1.54, 1.807) is 6.07 Å². The molecule has 0 fully saturated rings. The molecule has 1 N–H and O–H groups in total. The molecule has 0 aliphatic carbocycles. The van der Waals surface area contributed by atoms with Crippen molar-refractivity contribution < 1.29 is 15.3 Å². The van der Waals surface area contributed by atoms with Crippen LogP contribution in [0.15, 0.2) is 18.2 Å². The van der Waals surface area contributed by atoms with Crippen molar-refractivity contribution in [2.75, 3.05) is 13.1 Å². The normalized spacial score (nSPS) is 11.3. The van der Waals surface area contributed by atoms with E-state index in [0.29, 0.717) is 18.6 Å². The summed E-state index contributed by atoms with van der Waals surface area (Å²) in [4.78, 5) is 10.9. The fourth-order valence-electron chi connectivity index (χ4n) is 1.78. The van der Waals surface area contributed by atoms with Gasteiger partial charge in [0.05, 0.1) is 0 Å². The van der Waals surface area contributed by atoms with Crippen LogP contribution in [0.1, 0.15) is 48.0 Å².